The maximum atomic E-state index is 10.6. The van der Waals surface area contributed by atoms with Gasteiger partial charge in [0, 0.05) is 22.2 Å². The molecule has 2 aromatic rings. The minimum absolute atomic E-state index is 0.103. The number of hydrogen-bond donors (Lipinski definition) is 2. The summed E-state index contributed by atoms with van der Waals surface area (Å²) in [5, 5.41) is 8.68. The van der Waals surface area contributed by atoms with Crippen LogP contribution in [0.4, 0.5) is 0 Å². The predicted octanol–water partition coefficient (Wildman–Crippen LogP) is 3.16. The Balaban J connectivity index is 2.22. The maximum Gasteiger partial charge on any atom is 0.303 e. The average molecular weight is 309 g/mol. The first-order chi connectivity index (χ1) is 8.56. The van der Waals surface area contributed by atoms with Gasteiger partial charge in [0.05, 0.1) is 12.1 Å². The van der Waals surface area contributed by atoms with Crippen LogP contribution in [0.15, 0.2) is 28.7 Å². The Labute approximate surface area is 113 Å². The number of benzene rings is 1. The van der Waals surface area contributed by atoms with Gasteiger partial charge in [0.1, 0.15) is 5.82 Å². The van der Waals surface area contributed by atoms with Gasteiger partial charge in [-0.25, -0.2) is 4.98 Å². The molecule has 0 amide bonds. The molecule has 94 valence electrons. The van der Waals surface area contributed by atoms with Crippen LogP contribution < -0.4 is 0 Å². The van der Waals surface area contributed by atoms with Crippen LogP contribution in [0.1, 0.15) is 17.8 Å². The first-order valence-electron chi connectivity index (χ1n) is 5.59. The van der Waals surface area contributed by atoms with E-state index in [1.165, 1.54) is 0 Å². The Morgan fingerprint density at radius 1 is 1.39 bits per heavy atom. The maximum absolute atomic E-state index is 10.6. The van der Waals surface area contributed by atoms with Crippen LogP contribution in [-0.4, -0.2) is 21.0 Å². The summed E-state index contributed by atoms with van der Waals surface area (Å²) in [7, 11) is 0. The van der Waals surface area contributed by atoms with Gasteiger partial charge in [0.25, 0.3) is 0 Å². The standard InChI is InChI=1S/C13H13BrN2O2/c1-8-11(6-7-12(17)18)16-13(15-8)9-2-4-10(14)5-3-9/h2-5H,6-7H2,1H3,(H,15,16)(H,17,18). The van der Waals surface area contributed by atoms with E-state index in [0.29, 0.717) is 6.42 Å². The third kappa shape index (κ3) is 2.98. The Hall–Kier alpha value is -1.62. The van der Waals surface area contributed by atoms with E-state index in [0.717, 1.165) is 27.2 Å². The number of halogens is 1. The van der Waals surface area contributed by atoms with Gasteiger partial charge >= 0.3 is 5.97 Å². The van der Waals surface area contributed by atoms with E-state index in [-0.39, 0.29) is 6.42 Å². The van der Waals surface area contributed by atoms with Gasteiger partial charge in [0.15, 0.2) is 0 Å². The summed E-state index contributed by atoms with van der Waals surface area (Å²) in [6, 6.07) is 7.82. The number of hydrogen-bond acceptors (Lipinski definition) is 2. The number of carboxylic acid groups (broad SMARTS) is 1. The summed E-state index contributed by atoms with van der Waals surface area (Å²) in [6.45, 7) is 1.91. The Bertz CT molecular complexity index is 561. The number of rotatable bonds is 4. The molecule has 0 radical (unpaired) electrons. The Morgan fingerprint density at radius 2 is 2.06 bits per heavy atom. The highest BCUT2D eigenvalue weighted by molar-refractivity contribution is 9.10. The Kier molecular flexibility index (Phi) is 3.81. The zero-order valence-electron chi connectivity index (χ0n) is 9.90. The van der Waals surface area contributed by atoms with E-state index in [9.17, 15) is 4.79 Å². The molecule has 0 aliphatic heterocycles. The molecule has 4 nitrogen and oxygen atoms in total. The second kappa shape index (κ2) is 5.35. The fraction of sp³-hybridized carbons (Fsp3) is 0.231. The smallest absolute Gasteiger partial charge is 0.303 e. The van der Waals surface area contributed by atoms with Crippen molar-refractivity contribution in [3.8, 4) is 11.4 Å². The summed E-state index contributed by atoms with van der Waals surface area (Å²) < 4.78 is 1.01. The minimum Gasteiger partial charge on any atom is -0.481 e. The average Bonchev–Trinajstić information content (AvgIpc) is 2.69. The molecule has 0 bridgehead atoms. The van der Waals surface area contributed by atoms with Crippen molar-refractivity contribution in [1.29, 1.82) is 0 Å². The molecule has 0 spiro atoms. The topological polar surface area (TPSA) is 66.0 Å². The van der Waals surface area contributed by atoms with Crippen LogP contribution in [0.25, 0.3) is 11.4 Å². The number of nitrogens with one attached hydrogen (secondary N) is 1. The number of aryl methyl sites for hydroxylation is 2. The van der Waals surface area contributed by atoms with Gasteiger partial charge in [0.2, 0.25) is 0 Å². The van der Waals surface area contributed by atoms with E-state index in [1.54, 1.807) is 0 Å². The number of nitrogens with zero attached hydrogens (tertiary/aromatic N) is 1. The number of aromatic nitrogens is 2. The van der Waals surface area contributed by atoms with Crippen molar-refractivity contribution < 1.29 is 9.90 Å². The molecule has 0 saturated heterocycles. The van der Waals surface area contributed by atoms with Crippen molar-refractivity contribution in [3.63, 3.8) is 0 Å². The van der Waals surface area contributed by atoms with E-state index < -0.39 is 5.97 Å². The van der Waals surface area contributed by atoms with Crippen LogP contribution in [0.5, 0.6) is 0 Å². The fourth-order valence-corrected chi connectivity index (χ4v) is 1.97. The molecule has 2 rings (SSSR count). The van der Waals surface area contributed by atoms with Crippen molar-refractivity contribution in [2.75, 3.05) is 0 Å². The zero-order valence-corrected chi connectivity index (χ0v) is 11.5. The van der Waals surface area contributed by atoms with Crippen molar-refractivity contribution in [2.24, 2.45) is 0 Å². The molecule has 1 aromatic carbocycles. The van der Waals surface area contributed by atoms with Gasteiger partial charge in [-0.2, -0.15) is 0 Å². The van der Waals surface area contributed by atoms with Crippen LogP contribution in [0, 0.1) is 6.92 Å². The van der Waals surface area contributed by atoms with E-state index in [4.69, 9.17) is 5.11 Å². The molecule has 5 heteroatoms. The number of carbonyl (C=O) groups is 1. The molecule has 18 heavy (non-hydrogen) atoms. The molecule has 0 unspecified atom stereocenters. The lowest BCUT2D eigenvalue weighted by atomic mass is 10.2. The van der Waals surface area contributed by atoms with Crippen LogP contribution in [0.2, 0.25) is 0 Å². The highest BCUT2D eigenvalue weighted by Crippen LogP contribution is 2.21. The molecule has 0 aliphatic rings. The first kappa shape index (κ1) is 12.8. The molecule has 0 atom stereocenters. The molecule has 0 aliphatic carbocycles. The lowest BCUT2D eigenvalue weighted by Crippen LogP contribution is -1.98. The van der Waals surface area contributed by atoms with Crippen molar-refractivity contribution in [1.82, 2.24) is 9.97 Å². The molecule has 1 heterocycles. The van der Waals surface area contributed by atoms with Crippen LogP contribution in [0.3, 0.4) is 0 Å². The van der Waals surface area contributed by atoms with Gasteiger partial charge in [-0.05, 0) is 19.1 Å². The van der Waals surface area contributed by atoms with E-state index >= 15 is 0 Å². The lowest BCUT2D eigenvalue weighted by molar-refractivity contribution is -0.136. The third-order valence-electron chi connectivity index (χ3n) is 2.68. The van der Waals surface area contributed by atoms with Gasteiger partial charge in [-0.3, -0.25) is 4.79 Å². The minimum atomic E-state index is -0.803. The van der Waals surface area contributed by atoms with Crippen molar-refractivity contribution in [2.45, 2.75) is 19.8 Å². The van der Waals surface area contributed by atoms with E-state index in [1.807, 2.05) is 31.2 Å². The summed E-state index contributed by atoms with van der Waals surface area (Å²) >= 11 is 3.38. The highest BCUT2D eigenvalue weighted by Gasteiger charge is 2.09. The molecule has 0 fully saturated rings. The monoisotopic (exact) mass is 308 g/mol. The predicted molar refractivity (Wildman–Crippen MR) is 72.4 cm³/mol. The molecule has 1 aromatic heterocycles. The summed E-state index contributed by atoms with van der Waals surface area (Å²) in [6.07, 6.45) is 0.555. The van der Waals surface area contributed by atoms with Crippen LogP contribution in [-0.2, 0) is 11.2 Å². The largest absolute Gasteiger partial charge is 0.481 e. The fourth-order valence-electron chi connectivity index (χ4n) is 1.71. The quantitative estimate of drug-likeness (QED) is 0.911. The molecule has 0 saturated carbocycles. The summed E-state index contributed by atoms with van der Waals surface area (Å²) in [4.78, 5) is 18.2. The summed E-state index contributed by atoms with van der Waals surface area (Å²) in [5.74, 6) is -0.0250. The normalized spacial score (nSPS) is 10.6. The second-order valence-electron chi connectivity index (χ2n) is 4.06. The molecular formula is C13H13BrN2O2. The number of carboxylic acids is 1. The van der Waals surface area contributed by atoms with E-state index in [2.05, 4.69) is 25.9 Å². The van der Waals surface area contributed by atoms with Gasteiger partial charge in [-0.15, -0.1) is 0 Å². The number of aliphatic carboxylic acids is 1. The molecular weight excluding hydrogens is 296 g/mol. The van der Waals surface area contributed by atoms with Crippen molar-refractivity contribution in [3.05, 3.63) is 40.1 Å². The number of imidazole rings is 1. The molecule has 2 N–H and O–H groups in total. The SMILES string of the molecule is Cc1[nH]c(-c2ccc(Br)cc2)nc1CCC(=O)O. The van der Waals surface area contributed by atoms with Crippen LogP contribution >= 0.6 is 15.9 Å². The zero-order chi connectivity index (χ0) is 13.1. The van der Waals surface area contributed by atoms with Gasteiger partial charge < -0.3 is 10.1 Å². The Morgan fingerprint density at radius 3 is 2.67 bits per heavy atom. The number of H-pyrrole nitrogens is 1. The second-order valence-corrected chi connectivity index (χ2v) is 4.97. The third-order valence-corrected chi connectivity index (χ3v) is 3.21. The van der Waals surface area contributed by atoms with Gasteiger partial charge in [-0.1, -0.05) is 28.1 Å². The highest BCUT2D eigenvalue weighted by atomic mass is 79.9. The van der Waals surface area contributed by atoms with Crippen molar-refractivity contribution >= 4 is 21.9 Å². The summed E-state index contributed by atoms with van der Waals surface area (Å²) in [5.41, 5.74) is 2.73. The first-order valence-corrected chi connectivity index (χ1v) is 6.39. The lowest BCUT2D eigenvalue weighted by Gasteiger charge is -1.96. The number of aromatic amines is 1.